The number of ether oxygens (including phenoxy) is 2. The lowest BCUT2D eigenvalue weighted by Crippen LogP contribution is -2.66. The molecule has 238 valence electrons. The van der Waals surface area contributed by atoms with Crippen molar-refractivity contribution in [1.29, 1.82) is 0 Å². The van der Waals surface area contributed by atoms with Gasteiger partial charge in [-0.25, -0.2) is 0 Å². The third-order valence-corrected chi connectivity index (χ3v) is 14.8. The summed E-state index contributed by atoms with van der Waals surface area (Å²) in [4.78, 5) is 12.9. The molecule has 6 rings (SSSR count). The van der Waals surface area contributed by atoms with Crippen LogP contribution < -0.4 is 0 Å². The molecule has 0 radical (unpaired) electrons. The zero-order chi connectivity index (χ0) is 30.7. The van der Waals surface area contributed by atoms with Crippen LogP contribution in [-0.2, 0) is 14.3 Å². The van der Waals surface area contributed by atoms with Crippen molar-refractivity contribution >= 4 is 5.97 Å². The fourth-order valence-electron chi connectivity index (χ4n) is 12.1. The molecule has 0 spiro atoms. The van der Waals surface area contributed by atoms with Gasteiger partial charge in [-0.15, -0.1) is 0 Å². The summed E-state index contributed by atoms with van der Waals surface area (Å²) < 4.78 is 12.2. The molecule has 0 amide bonds. The van der Waals surface area contributed by atoms with Crippen LogP contribution in [0, 0.1) is 56.2 Å². The Hall–Kier alpha value is -0.990. The maximum Gasteiger partial charge on any atom is 0.309 e. The maximum absolute atomic E-state index is 12.9. The Balaban J connectivity index is 1.30. The van der Waals surface area contributed by atoms with Crippen LogP contribution in [0.5, 0.6) is 0 Å². The molecule has 1 saturated heterocycles. The van der Waals surface area contributed by atoms with E-state index in [1.54, 1.807) is 0 Å². The molecule has 4 saturated carbocycles. The average molecular weight is 589 g/mol. The van der Waals surface area contributed by atoms with Crippen molar-refractivity contribution < 1.29 is 34.7 Å². The molecule has 7 nitrogen and oxygen atoms in total. The maximum atomic E-state index is 12.9. The summed E-state index contributed by atoms with van der Waals surface area (Å²) in [7, 11) is 0. The second-order valence-corrected chi connectivity index (χ2v) is 17.4. The first kappa shape index (κ1) is 31.0. The van der Waals surface area contributed by atoms with Gasteiger partial charge in [-0.3, -0.25) is 4.79 Å². The molecular weight excluding hydrogens is 532 g/mol. The molecule has 0 unspecified atom stereocenters. The van der Waals surface area contributed by atoms with Gasteiger partial charge < -0.3 is 29.9 Å². The molecule has 5 fully saturated rings. The first-order valence-corrected chi connectivity index (χ1v) is 16.7. The first-order valence-electron chi connectivity index (χ1n) is 16.7. The van der Waals surface area contributed by atoms with Crippen molar-refractivity contribution in [2.75, 3.05) is 6.61 Å². The zero-order valence-corrected chi connectivity index (χ0v) is 26.9. The lowest BCUT2D eigenvalue weighted by molar-refractivity contribution is -0.261. The third kappa shape index (κ3) is 4.05. The quantitative estimate of drug-likeness (QED) is 0.318. The van der Waals surface area contributed by atoms with E-state index in [1.165, 1.54) is 0 Å². The van der Waals surface area contributed by atoms with Gasteiger partial charge in [0.05, 0.1) is 18.1 Å². The van der Waals surface area contributed by atoms with E-state index in [0.717, 1.165) is 57.8 Å². The van der Waals surface area contributed by atoms with Gasteiger partial charge in [0.15, 0.2) is 6.29 Å². The summed E-state index contributed by atoms with van der Waals surface area (Å²) in [6.45, 7) is 16.4. The van der Waals surface area contributed by atoms with Crippen molar-refractivity contribution in [3.8, 4) is 0 Å². The number of hydrogen-bond acceptors (Lipinski definition) is 6. The number of allylic oxidation sites excluding steroid dienone is 2. The van der Waals surface area contributed by atoms with Crippen LogP contribution in [0.4, 0.5) is 0 Å². The van der Waals surface area contributed by atoms with E-state index in [1.807, 2.05) is 0 Å². The fourth-order valence-corrected chi connectivity index (χ4v) is 12.1. The van der Waals surface area contributed by atoms with Gasteiger partial charge >= 0.3 is 5.97 Å². The number of aliphatic hydroxyl groups excluding tert-OH is 3. The van der Waals surface area contributed by atoms with Gasteiger partial charge in [-0.1, -0.05) is 60.6 Å². The molecule has 7 heteroatoms. The molecule has 0 bridgehead atoms. The minimum absolute atomic E-state index is 0.0478. The number of aliphatic hydroxyl groups is 3. The van der Waals surface area contributed by atoms with Crippen LogP contribution in [-0.4, -0.2) is 63.7 Å². The summed E-state index contributed by atoms with van der Waals surface area (Å²) in [5.41, 5.74) is -0.409. The van der Waals surface area contributed by atoms with E-state index in [-0.39, 0.29) is 51.6 Å². The summed E-state index contributed by atoms with van der Waals surface area (Å²) in [6.07, 6.45) is 9.35. The number of carbonyl (C=O) groups is 1. The van der Waals surface area contributed by atoms with E-state index in [4.69, 9.17) is 9.47 Å². The average Bonchev–Trinajstić information content (AvgIpc) is 3.18. The number of rotatable bonds is 4. The molecule has 6 aliphatic rings. The predicted molar refractivity (Wildman–Crippen MR) is 159 cm³/mol. The van der Waals surface area contributed by atoms with Gasteiger partial charge in [-0.2, -0.15) is 0 Å². The van der Waals surface area contributed by atoms with Crippen molar-refractivity contribution in [3.63, 3.8) is 0 Å². The monoisotopic (exact) mass is 588 g/mol. The van der Waals surface area contributed by atoms with Gasteiger partial charge in [0.2, 0.25) is 0 Å². The van der Waals surface area contributed by atoms with Crippen LogP contribution in [0.2, 0.25) is 0 Å². The topological polar surface area (TPSA) is 116 Å². The minimum atomic E-state index is -1.17. The number of aliphatic carboxylic acids is 1. The standard InChI is InChI=1S/C35H56O7/c1-30(2)14-16-35(29(39)40)17-15-33(6)20(21(35)18-30)8-9-24-32(5)12-11-25(31(3,4)23(32)10-13-34(24,33)7)42-28-27(38)26(37)22(19-36)41-28/h8-9,20-28,36-38H,10-19H2,1-7H3,(H,39,40)/t20-,21-,22-,23-,24-,25+,26-,27+,28-,32+,33-,34-,35+/m1/s1. The van der Waals surface area contributed by atoms with E-state index >= 15 is 0 Å². The number of hydrogen-bond donors (Lipinski definition) is 4. The lowest BCUT2D eigenvalue weighted by Gasteiger charge is -2.71. The molecule has 42 heavy (non-hydrogen) atoms. The highest BCUT2D eigenvalue weighted by Crippen LogP contribution is 2.75. The normalized spacial score (nSPS) is 54.3. The predicted octanol–water partition coefficient (Wildman–Crippen LogP) is 5.55. The molecule has 5 aliphatic carbocycles. The number of carboxylic acids is 1. The number of fused-ring (bicyclic) bond motifs is 7. The van der Waals surface area contributed by atoms with Crippen molar-refractivity contribution in [2.24, 2.45) is 56.2 Å². The Labute approximate surface area is 252 Å². The Kier molecular flexibility index (Phi) is 7.20. The highest BCUT2D eigenvalue weighted by atomic mass is 16.7. The number of carboxylic acid groups (broad SMARTS) is 1. The van der Waals surface area contributed by atoms with Crippen LogP contribution in [0.1, 0.15) is 106 Å². The van der Waals surface area contributed by atoms with Crippen LogP contribution in [0.15, 0.2) is 12.2 Å². The fraction of sp³-hybridized carbons (Fsp3) is 0.914. The van der Waals surface area contributed by atoms with Crippen LogP contribution in [0.3, 0.4) is 0 Å². The highest BCUT2D eigenvalue weighted by Gasteiger charge is 2.70. The lowest BCUT2D eigenvalue weighted by atomic mass is 9.33. The summed E-state index contributed by atoms with van der Waals surface area (Å²) in [5.74, 6) is 0.680. The van der Waals surface area contributed by atoms with Gasteiger partial charge in [0.25, 0.3) is 0 Å². The second kappa shape index (κ2) is 9.75. The Morgan fingerprint density at radius 2 is 1.57 bits per heavy atom. The van der Waals surface area contributed by atoms with E-state index in [2.05, 4.69) is 60.6 Å². The highest BCUT2D eigenvalue weighted by molar-refractivity contribution is 5.75. The molecule has 0 aromatic rings. The molecule has 4 N–H and O–H groups in total. The minimum Gasteiger partial charge on any atom is -0.481 e. The Morgan fingerprint density at radius 1 is 0.881 bits per heavy atom. The van der Waals surface area contributed by atoms with Crippen LogP contribution in [0.25, 0.3) is 0 Å². The Bertz CT molecular complexity index is 1120. The molecule has 1 aliphatic heterocycles. The summed E-state index contributed by atoms with van der Waals surface area (Å²) in [6, 6.07) is 0. The SMILES string of the molecule is CC1(C)CC[C@]2(C(=O)O)CC[C@]3(C)[C@H](C=C[C@@H]4[C@@]5(C)CC[C@H](O[C@H]6O[C@H](CO)[C@@H](O)[C@@H]6O)C(C)(C)[C@H]5CC[C@]43C)[C@H]2C1. The van der Waals surface area contributed by atoms with E-state index < -0.39 is 36.0 Å². The largest absolute Gasteiger partial charge is 0.481 e. The summed E-state index contributed by atoms with van der Waals surface area (Å²) >= 11 is 0. The first-order chi connectivity index (χ1) is 19.5. The molecular formula is C35H56O7. The Morgan fingerprint density at radius 3 is 2.21 bits per heavy atom. The van der Waals surface area contributed by atoms with Crippen molar-refractivity contribution in [1.82, 2.24) is 0 Å². The van der Waals surface area contributed by atoms with Gasteiger partial charge in [0, 0.05) is 0 Å². The zero-order valence-electron chi connectivity index (χ0n) is 26.9. The molecule has 1 heterocycles. The third-order valence-electron chi connectivity index (χ3n) is 14.8. The molecule has 0 aromatic heterocycles. The van der Waals surface area contributed by atoms with Gasteiger partial charge in [-0.05, 0) is 109 Å². The second-order valence-electron chi connectivity index (χ2n) is 17.4. The van der Waals surface area contributed by atoms with E-state index in [0.29, 0.717) is 11.8 Å². The van der Waals surface area contributed by atoms with E-state index in [9.17, 15) is 25.2 Å². The van der Waals surface area contributed by atoms with Gasteiger partial charge in [0.1, 0.15) is 18.3 Å². The van der Waals surface area contributed by atoms with Crippen molar-refractivity contribution in [3.05, 3.63) is 12.2 Å². The van der Waals surface area contributed by atoms with Crippen LogP contribution >= 0.6 is 0 Å². The molecule has 0 aromatic carbocycles. The smallest absolute Gasteiger partial charge is 0.309 e. The molecule has 13 atom stereocenters. The summed E-state index contributed by atoms with van der Waals surface area (Å²) in [5, 5.41) is 41.0. The van der Waals surface area contributed by atoms with Crippen molar-refractivity contribution in [2.45, 2.75) is 137 Å².